The van der Waals surface area contributed by atoms with Crippen LogP contribution in [0, 0.1) is 0 Å². The molecule has 0 aromatic heterocycles. The Balaban J connectivity index is 0.00000256. The van der Waals surface area contributed by atoms with Crippen molar-refractivity contribution in [2.45, 2.75) is 19.4 Å². The van der Waals surface area contributed by atoms with Crippen molar-refractivity contribution in [2.75, 3.05) is 19.5 Å². The number of methoxy groups -OCH3 is 1. The Hall–Kier alpha value is -1.26. The summed E-state index contributed by atoms with van der Waals surface area (Å²) in [5, 5.41) is 2.89. The van der Waals surface area contributed by atoms with Crippen LogP contribution in [0.3, 0.4) is 0 Å². The first-order chi connectivity index (χ1) is 7.67. The molecule has 1 unspecified atom stereocenters. The number of benzene rings is 1. The number of rotatable bonds is 5. The monoisotopic (exact) mass is 258 g/mol. The fourth-order valence-corrected chi connectivity index (χ4v) is 1.41. The molecule has 0 aliphatic carbocycles. The zero-order chi connectivity index (χ0) is 12.0. The van der Waals surface area contributed by atoms with E-state index in [2.05, 4.69) is 5.32 Å². The summed E-state index contributed by atoms with van der Waals surface area (Å²) < 4.78 is 5.02. The molecular formula is C12H19ClN2O2. The minimum absolute atomic E-state index is 0. The second kappa shape index (κ2) is 7.92. The van der Waals surface area contributed by atoms with E-state index < -0.39 is 0 Å². The van der Waals surface area contributed by atoms with Gasteiger partial charge in [-0.2, -0.15) is 0 Å². The third-order valence-corrected chi connectivity index (χ3v) is 2.34. The number of carbonyl (C=O) groups is 1. The number of amides is 1. The van der Waals surface area contributed by atoms with Crippen LogP contribution in [0.5, 0.6) is 0 Å². The van der Waals surface area contributed by atoms with Gasteiger partial charge >= 0.3 is 0 Å². The van der Waals surface area contributed by atoms with Gasteiger partial charge in [0.2, 0.25) is 0 Å². The quantitative estimate of drug-likeness (QED) is 0.793. The molecule has 0 aliphatic rings. The summed E-state index contributed by atoms with van der Waals surface area (Å²) >= 11 is 0. The number of carbonyl (C=O) groups excluding carboxylic acids is 1. The molecule has 3 N–H and O–H groups in total. The van der Waals surface area contributed by atoms with Crippen molar-refractivity contribution in [1.82, 2.24) is 5.32 Å². The van der Waals surface area contributed by atoms with E-state index >= 15 is 0 Å². The minimum atomic E-state index is -0.115. The van der Waals surface area contributed by atoms with E-state index in [4.69, 9.17) is 10.5 Å². The molecule has 0 fully saturated rings. The van der Waals surface area contributed by atoms with E-state index in [-0.39, 0.29) is 24.4 Å². The summed E-state index contributed by atoms with van der Waals surface area (Å²) in [6.07, 6.45) is 0.835. The van der Waals surface area contributed by atoms with Gasteiger partial charge in [0.05, 0.1) is 12.6 Å². The first-order valence-corrected chi connectivity index (χ1v) is 5.32. The molecule has 5 heteroatoms. The smallest absolute Gasteiger partial charge is 0.251 e. The van der Waals surface area contributed by atoms with Gasteiger partial charge in [-0.05, 0) is 24.6 Å². The Morgan fingerprint density at radius 1 is 1.53 bits per heavy atom. The van der Waals surface area contributed by atoms with Gasteiger partial charge in [-0.15, -0.1) is 12.4 Å². The van der Waals surface area contributed by atoms with E-state index in [1.54, 1.807) is 31.4 Å². The molecule has 4 nitrogen and oxygen atoms in total. The molecule has 1 aromatic carbocycles. The van der Waals surface area contributed by atoms with Crippen molar-refractivity contribution in [3.8, 4) is 0 Å². The third kappa shape index (κ3) is 5.06. The number of hydrogen-bond donors (Lipinski definition) is 2. The fraction of sp³-hybridized carbons (Fsp3) is 0.417. The molecule has 0 aliphatic heterocycles. The molecule has 0 saturated carbocycles. The van der Waals surface area contributed by atoms with E-state index in [1.165, 1.54) is 0 Å². The van der Waals surface area contributed by atoms with Gasteiger partial charge in [0, 0.05) is 18.4 Å². The van der Waals surface area contributed by atoms with Crippen LogP contribution in [0.25, 0.3) is 0 Å². The van der Waals surface area contributed by atoms with Crippen LogP contribution in [-0.2, 0) is 4.74 Å². The molecule has 0 spiro atoms. The molecule has 96 valence electrons. The molecule has 17 heavy (non-hydrogen) atoms. The Labute approximate surface area is 108 Å². The molecule has 0 heterocycles. The lowest BCUT2D eigenvalue weighted by molar-refractivity contribution is 0.0894. The summed E-state index contributed by atoms with van der Waals surface area (Å²) in [6, 6.07) is 6.96. The number of nitrogens with one attached hydrogen (secondary N) is 1. The molecule has 1 amide bonds. The number of halogens is 1. The van der Waals surface area contributed by atoms with Gasteiger partial charge in [-0.1, -0.05) is 13.0 Å². The Morgan fingerprint density at radius 2 is 2.24 bits per heavy atom. The predicted octanol–water partition coefficient (Wildman–Crippen LogP) is 1.85. The highest BCUT2D eigenvalue weighted by Crippen LogP contribution is 2.07. The van der Waals surface area contributed by atoms with Crippen molar-refractivity contribution in [2.24, 2.45) is 0 Å². The van der Waals surface area contributed by atoms with Crippen LogP contribution in [0.1, 0.15) is 23.7 Å². The van der Waals surface area contributed by atoms with Crippen molar-refractivity contribution >= 4 is 24.0 Å². The molecule has 1 aromatic rings. The summed E-state index contributed by atoms with van der Waals surface area (Å²) in [6.45, 7) is 2.52. The fourth-order valence-electron chi connectivity index (χ4n) is 1.41. The molecular weight excluding hydrogens is 240 g/mol. The minimum Gasteiger partial charge on any atom is -0.399 e. The standard InChI is InChI=1S/C12H18N2O2.ClH/c1-3-11(8-16-2)14-12(15)9-5-4-6-10(13)7-9;/h4-7,11H,3,8,13H2,1-2H3,(H,14,15);1H. The molecule has 1 rings (SSSR count). The van der Waals surface area contributed by atoms with Crippen LogP contribution in [-0.4, -0.2) is 25.7 Å². The summed E-state index contributed by atoms with van der Waals surface area (Å²) in [5.41, 5.74) is 6.78. The molecule has 0 bridgehead atoms. The van der Waals surface area contributed by atoms with Crippen LogP contribution in [0.4, 0.5) is 5.69 Å². The van der Waals surface area contributed by atoms with Crippen LogP contribution in [0.2, 0.25) is 0 Å². The van der Waals surface area contributed by atoms with Gasteiger partial charge in [0.1, 0.15) is 0 Å². The molecule has 0 saturated heterocycles. The van der Waals surface area contributed by atoms with E-state index in [1.807, 2.05) is 6.92 Å². The first-order valence-electron chi connectivity index (χ1n) is 5.32. The van der Waals surface area contributed by atoms with Crippen LogP contribution >= 0.6 is 12.4 Å². The lowest BCUT2D eigenvalue weighted by atomic mass is 10.1. The van der Waals surface area contributed by atoms with E-state index in [0.29, 0.717) is 17.9 Å². The highest BCUT2D eigenvalue weighted by molar-refractivity contribution is 5.95. The number of ether oxygens (including phenoxy) is 1. The second-order valence-corrected chi connectivity index (χ2v) is 3.66. The highest BCUT2D eigenvalue weighted by Gasteiger charge is 2.11. The van der Waals surface area contributed by atoms with Gasteiger partial charge < -0.3 is 15.8 Å². The normalized spacial score (nSPS) is 11.4. The SMILES string of the molecule is CCC(COC)NC(=O)c1cccc(N)c1.Cl. The first kappa shape index (κ1) is 15.7. The Bertz CT molecular complexity index is 358. The predicted molar refractivity (Wildman–Crippen MR) is 71.5 cm³/mol. The van der Waals surface area contributed by atoms with Gasteiger partial charge in [0.15, 0.2) is 0 Å². The second-order valence-electron chi connectivity index (χ2n) is 3.66. The zero-order valence-corrected chi connectivity index (χ0v) is 10.9. The summed E-state index contributed by atoms with van der Waals surface area (Å²) in [7, 11) is 1.62. The maximum atomic E-state index is 11.8. The van der Waals surface area contributed by atoms with Crippen molar-refractivity contribution in [3.05, 3.63) is 29.8 Å². The highest BCUT2D eigenvalue weighted by atomic mass is 35.5. The lowest BCUT2D eigenvalue weighted by Gasteiger charge is -2.15. The average molecular weight is 259 g/mol. The number of nitrogens with two attached hydrogens (primary N) is 1. The number of nitrogen functional groups attached to an aromatic ring is 1. The Kier molecular flexibility index (Phi) is 7.34. The van der Waals surface area contributed by atoms with Crippen molar-refractivity contribution < 1.29 is 9.53 Å². The van der Waals surface area contributed by atoms with Crippen LogP contribution < -0.4 is 11.1 Å². The van der Waals surface area contributed by atoms with E-state index in [0.717, 1.165) is 6.42 Å². The largest absolute Gasteiger partial charge is 0.399 e. The summed E-state index contributed by atoms with van der Waals surface area (Å²) in [5.74, 6) is -0.115. The Morgan fingerprint density at radius 3 is 2.76 bits per heavy atom. The molecule has 1 atom stereocenters. The van der Waals surface area contributed by atoms with Crippen LogP contribution in [0.15, 0.2) is 24.3 Å². The van der Waals surface area contributed by atoms with Gasteiger partial charge in [-0.25, -0.2) is 0 Å². The van der Waals surface area contributed by atoms with Gasteiger partial charge in [-0.3, -0.25) is 4.79 Å². The average Bonchev–Trinajstić information content (AvgIpc) is 2.28. The van der Waals surface area contributed by atoms with E-state index in [9.17, 15) is 4.79 Å². The van der Waals surface area contributed by atoms with Crippen molar-refractivity contribution in [1.29, 1.82) is 0 Å². The topological polar surface area (TPSA) is 64.3 Å². The number of anilines is 1. The van der Waals surface area contributed by atoms with Gasteiger partial charge in [0.25, 0.3) is 5.91 Å². The van der Waals surface area contributed by atoms with Crippen molar-refractivity contribution in [3.63, 3.8) is 0 Å². The zero-order valence-electron chi connectivity index (χ0n) is 10.1. The molecule has 0 radical (unpaired) electrons. The maximum Gasteiger partial charge on any atom is 0.251 e. The lowest BCUT2D eigenvalue weighted by Crippen LogP contribution is -2.37. The number of hydrogen-bond acceptors (Lipinski definition) is 3. The summed E-state index contributed by atoms with van der Waals surface area (Å²) in [4.78, 5) is 11.8. The maximum absolute atomic E-state index is 11.8. The third-order valence-electron chi connectivity index (χ3n) is 2.34.